The molecule has 0 aliphatic rings. The molecule has 0 aromatic carbocycles. The van der Waals surface area contributed by atoms with E-state index in [1.807, 2.05) is 0 Å². The van der Waals surface area contributed by atoms with Gasteiger partial charge in [-0.05, 0) is 27.2 Å². The number of ether oxygens (including phenoxy) is 3. The summed E-state index contributed by atoms with van der Waals surface area (Å²) in [6.45, 7) is 5.77. The Hall–Kier alpha value is -1.63. The molecule has 0 unspecified atom stereocenters. The second-order valence-electron chi connectivity index (χ2n) is 3.83. The van der Waals surface area contributed by atoms with Crippen molar-refractivity contribution in [1.82, 2.24) is 5.32 Å². The van der Waals surface area contributed by atoms with Gasteiger partial charge in [-0.3, -0.25) is 19.7 Å². The van der Waals surface area contributed by atoms with Crippen LogP contribution in [-0.4, -0.2) is 50.3 Å². The summed E-state index contributed by atoms with van der Waals surface area (Å²) in [5, 5.41) is 2.73. The number of carbonyl (C=O) groups excluding carboxylic acids is 3. The van der Waals surface area contributed by atoms with Crippen LogP contribution < -0.4 is 5.32 Å². The molecular formula is C13H23NO6. The smallest absolute Gasteiger partial charge is 0.323 e. The Morgan fingerprint density at radius 1 is 0.900 bits per heavy atom. The summed E-state index contributed by atoms with van der Waals surface area (Å²) in [7, 11) is 0. The van der Waals surface area contributed by atoms with Gasteiger partial charge in [-0.15, -0.1) is 0 Å². The summed E-state index contributed by atoms with van der Waals surface area (Å²) in [6, 6.07) is -0.733. The predicted octanol–water partition coefficient (Wildman–Crippen LogP) is 0.414. The Labute approximate surface area is 118 Å². The van der Waals surface area contributed by atoms with Crippen molar-refractivity contribution < 1.29 is 28.6 Å². The van der Waals surface area contributed by atoms with Gasteiger partial charge >= 0.3 is 17.9 Å². The molecule has 0 aliphatic heterocycles. The average molecular weight is 289 g/mol. The summed E-state index contributed by atoms with van der Waals surface area (Å²) >= 11 is 0. The number of hydrogen-bond donors (Lipinski definition) is 1. The van der Waals surface area contributed by atoms with Crippen molar-refractivity contribution >= 4 is 17.9 Å². The van der Waals surface area contributed by atoms with Crippen molar-refractivity contribution in [2.45, 2.75) is 39.7 Å². The molecule has 0 aromatic rings. The SMILES string of the molecule is CCOC(=O)CC[C@H](NCC(=O)OCC)C(=O)OCC. The van der Waals surface area contributed by atoms with E-state index in [1.54, 1.807) is 20.8 Å². The molecule has 0 fully saturated rings. The van der Waals surface area contributed by atoms with E-state index in [-0.39, 0.29) is 38.6 Å². The lowest BCUT2D eigenvalue weighted by Gasteiger charge is -2.16. The van der Waals surface area contributed by atoms with E-state index in [0.29, 0.717) is 6.61 Å². The molecule has 20 heavy (non-hydrogen) atoms. The Bertz CT molecular complexity index is 296. The van der Waals surface area contributed by atoms with Gasteiger partial charge < -0.3 is 14.2 Å². The fourth-order valence-corrected chi connectivity index (χ4v) is 1.46. The molecule has 0 aliphatic carbocycles. The van der Waals surface area contributed by atoms with Crippen molar-refractivity contribution in [3.63, 3.8) is 0 Å². The van der Waals surface area contributed by atoms with Crippen LogP contribution >= 0.6 is 0 Å². The van der Waals surface area contributed by atoms with Crippen LogP contribution in [0.15, 0.2) is 0 Å². The highest BCUT2D eigenvalue weighted by molar-refractivity contribution is 5.78. The third-order valence-electron chi connectivity index (χ3n) is 2.31. The highest BCUT2D eigenvalue weighted by Gasteiger charge is 2.21. The van der Waals surface area contributed by atoms with Gasteiger partial charge in [-0.1, -0.05) is 0 Å². The minimum Gasteiger partial charge on any atom is -0.466 e. The summed E-state index contributed by atoms with van der Waals surface area (Å²) < 4.78 is 14.4. The van der Waals surface area contributed by atoms with Gasteiger partial charge in [0.1, 0.15) is 6.04 Å². The molecule has 116 valence electrons. The fraction of sp³-hybridized carbons (Fsp3) is 0.769. The van der Waals surface area contributed by atoms with E-state index in [9.17, 15) is 14.4 Å². The molecule has 0 saturated heterocycles. The molecule has 0 amide bonds. The number of rotatable bonds is 10. The van der Waals surface area contributed by atoms with E-state index < -0.39 is 18.0 Å². The average Bonchev–Trinajstić information content (AvgIpc) is 2.39. The van der Waals surface area contributed by atoms with Gasteiger partial charge in [0, 0.05) is 6.42 Å². The number of carbonyl (C=O) groups is 3. The van der Waals surface area contributed by atoms with Gasteiger partial charge in [0.2, 0.25) is 0 Å². The van der Waals surface area contributed by atoms with E-state index in [0.717, 1.165) is 0 Å². The largest absolute Gasteiger partial charge is 0.466 e. The van der Waals surface area contributed by atoms with E-state index in [2.05, 4.69) is 5.32 Å². The molecule has 0 rings (SSSR count). The highest BCUT2D eigenvalue weighted by Crippen LogP contribution is 2.02. The number of esters is 3. The molecule has 1 atom stereocenters. The molecule has 0 radical (unpaired) electrons. The zero-order valence-electron chi connectivity index (χ0n) is 12.3. The molecule has 7 nitrogen and oxygen atoms in total. The first kappa shape index (κ1) is 18.4. The highest BCUT2D eigenvalue weighted by atomic mass is 16.5. The topological polar surface area (TPSA) is 90.9 Å². The molecule has 0 saturated carbocycles. The maximum absolute atomic E-state index is 11.7. The molecule has 0 spiro atoms. The standard InChI is InChI=1S/C13H23NO6/c1-4-18-11(15)8-7-10(13(17)20-6-3)14-9-12(16)19-5-2/h10,14H,4-9H2,1-3H3/t10-/m0/s1. The van der Waals surface area contributed by atoms with Crippen molar-refractivity contribution in [2.75, 3.05) is 26.4 Å². The van der Waals surface area contributed by atoms with Gasteiger partial charge in [-0.2, -0.15) is 0 Å². The summed E-state index contributed by atoms with van der Waals surface area (Å²) in [5.74, 6) is -1.35. The molecule has 0 aromatic heterocycles. The second kappa shape index (κ2) is 11.2. The van der Waals surface area contributed by atoms with Crippen molar-refractivity contribution in [1.29, 1.82) is 0 Å². The molecule has 7 heteroatoms. The van der Waals surface area contributed by atoms with E-state index in [1.165, 1.54) is 0 Å². The van der Waals surface area contributed by atoms with Gasteiger partial charge in [0.05, 0.1) is 26.4 Å². The van der Waals surface area contributed by atoms with Crippen molar-refractivity contribution in [3.05, 3.63) is 0 Å². The zero-order chi connectivity index (χ0) is 15.4. The van der Waals surface area contributed by atoms with Crippen molar-refractivity contribution in [3.8, 4) is 0 Å². The number of hydrogen-bond acceptors (Lipinski definition) is 7. The Balaban J connectivity index is 4.30. The number of nitrogens with one attached hydrogen (secondary N) is 1. The summed E-state index contributed by atoms with van der Waals surface area (Å²) in [4.78, 5) is 34.2. The van der Waals surface area contributed by atoms with Crippen LogP contribution in [0, 0.1) is 0 Å². The first-order chi connectivity index (χ1) is 9.54. The van der Waals surface area contributed by atoms with Crippen LogP contribution in [0.4, 0.5) is 0 Å². The van der Waals surface area contributed by atoms with Crippen LogP contribution in [-0.2, 0) is 28.6 Å². The molecule has 0 bridgehead atoms. The molecular weight excluding hydrogens is 266 g/mol. The van der Waals surface area contributed by atoms with Gasteiger partial charge in [0.15, 0.2) is 0 Å². The van der Waals surface area contributed by atoms with Gasteiger partial charge in [-0.25, -0.2) is 0 Å². The lowest BCUT2D eigenvalue weighted by atomic mass is 10.1. The van der Waals surface area contributed by atoms with Crippen LogP contribution in [0.3, 0.4) is 0 Å². The quantitative estimate of drug-likeness (QED) is 0.460. The predicted molar refractivity (Wildman–Crippen MR) is 70.9 cm³/mol. The lowest BCUT2D eigenvalue weighted by molar-refractivity contribution is -0.147. The Kier molecular flexibility index (Phi) is 10.3. The fourth-order valence-electron chi connectivity index (χ4n) is 1.46. The molecule has 0 heterocycles. The van der Waals surface area contributed by atoms with E-state index >= 15 is 0 Å². The maximum atomic E-state index is 11.7. The van der Waals surface area contributed by atoms with E-state index in [4.69, 9.17) is 14.2 Å². The Morgan fingerprint density at radius 3 is 2.00 bits per heavy atom. The summed E-state index contributed by atoms with van der Waals surface area (Å²) in [5.41, 5.74) is 0. The second-order valence-corrected chi connectivity index (χ2v) is 3.83. The van der Waals surface area contributed by atoms with Crippen molar-refractivity contribution in [2.24, 2.45) is 0 Å². The summed E-state index contributed by atoms with van der Waals surface area (Å²) in [6.07, 6.45) is 0.282. The molecule has 1 N–H and O–H groups in total. The first-order valence-corrected chi connectivity index (χ1v) is 6.76. The van der Waals surface area contributed by atoms with Gasteiger partial charge in [0.25, 0.3) is 0 Å². The minimum atomic E-state index is -0.733. The third-order valence-corrected chi connectivity index (χ3v) is 2.31. The minimum absolute atomic E-state index is 0.0765. The van der Waals surface area contributed by atoms with Crippen LogP contribution in [0.25, 0.3) is 0 Å². The zero-order valence-corrected chi connectivity index (χ0v) is 12.3. The monoisotopic (exact) mass is 289 g/mol. The first-order valence-electron chi connectivity index (χ1n) is 6.76. The lowest BCUT2D eigenvalue weighted by Crippen LogP contribution is -2.41. The van der Waals surface area contributed by atoms with Crippen LogP contribution in [0.5, 0.6) is 0 Å². The third kappa shape index (κ3) is 8.47. The normalized spacial score (nSPS) is 11.6. The Morgan fingerprint density at radius 2 is 1.45 bits per heavy atom. The van der Waals surface area contributed by atoms with Crippen LogP contribution in [0.1, 0.15) is 33.6 Å². The van der Waals surface area contributed by atoms with Crippen LogP contribution in [0.2, 0.25) is 0 Å². The maximum Gasteiger partial charge on any atom is 0.323 e.